The Balaban J connectivity index is -0.000000141. The molecule has 9 nitrogen and oxygen atoms in total. The second-order valence-electron chi connectivity index (χ2n) is 2.48. The molecule has 0 rings (SSSR count). The van der Waals surface area contributed by atoms with Crippen LogP contribution in [0.3, 0.4) is 0 Å². The van der Waals surface area contributed by atoms with Crippen LogP contribution in [0.5, 0.6) is 0 Å². The van der Waals surface area contributed by atoms with E-state index in [1.54, 1.807) is 0 Å². The Hall–Kier alpha value is 3.20. The molecular weight excluding hydrogens is 333 g/mol. The Morgan fingerprint density at radius 3 is 1.56 bits per heavy atom. The second-order valence-corrected chi connectivity index (χ2v) is 2.48. The summed E-state index contributed by atoms with van der Waals surface area (Å²) in [5, 5.41) is 47.8. The molecule has 0 amide bonds. The number of carboxylic acid groups (broad SMARTS) is 3. The number of carbonyl (C=O) groups is 3. The van der Waals surface area contributed by atoms with Crippen molar-refractivity contribution in [1.82, 2.24) is 0 Å². The number of carboxylic acids is 3. The Kier molecular flexibility index (Phi) is 27.7. The normalized spacial score (nSPS) is 13.0. The zero-order valence-corrected chi connectivity index (χ0v) is 19.5. The molecule has 0 radical (unpaired) electrons. The molecule has 2 atom stereocenters. The van der Waals surface area contributed by atoms with Crippen molar-refractivity contribution < 1.29 is 200 Å². The molecule has 0 aromatic carbocycles. The molecule has 0 saturated heterocycles. The summed E-state index contributed by atoms with van der Waals surface area (Å²) in [6.45, 7) is 0. The average Bonchev–Trinajstić information content (AvgIpc) is 2.00. The molecule has 12 heteroatoms. The third-order valence-electron chi connectivity index (χ3n) is 1.44. The van der Waals surface area contributed by atoms with Gasteiger partial charge in [-0.3, -0.25) is 0 Å². The first-order valence-corrected chi connectivity index (χ1v) is 3.24. The summed E-state index contributed by atoms with van der Waals surface area (Å²) in [7, 11) is 0. The first-order chi connectivity index (χ1) is 6.21. The summed E-state index contributed by atoms with van der Waals surface area (Å²) >= 11 is 0. The minimum Gasteiger partial charge on any atom is -0.550 e. The van der Waals surface area contributed by atoms with Crippen LogP contribution in [0, 0.1) is 0 Å². The molecule has 0 heterocycles. The maximum Gasteiger partial charge on any atom is 1.00 e. The van der Waals surface area contributed by atoms with Gasteiger partial charge < -0.3 is 45.4 Å². The maximum atomic E-state index is 10.2. The molecule has 0 spiro atoms. The molecule has 0 aromatic rings. The second kappa shape index (κ2) is 15.1. The standard InChI is InChI=1S/C6H8O8.3K.H2O/c7-2(8)1-6(14,5(12)13)3(9)4(10)11;;;;/h3,9,14H,1H2,(H,7,8)(H,10,11)(H,12,13);;;;1H2/q;3*+1;/p-3. The predicted molar refractivity (Wildman–Crippen MR) is 34.2 cm³/mol. The van der Waals surface area contributed by atoms with Gasteiger partial charge in [-0.05, 0) is 0 Å². The molecule has 4 N–H and O–H groups in total. The van der Waals surface area contributed by atoms with Crippen LogP contribution in [0.25, 0.3) is 0 Å². The molecule has 2 unspecified atom stereocenters. The van der Waals surface area contributed by atoms with Gasteiger partial charge in [0.1, 0.15) is 11.7 Å². The molecule has 18 heavy (non-hydrogen) atoms. The van der Waals surface area contributed by atoms with Crippen molar-refractivity contribution in [2.75, 3.05) is 0 Å². The zero-order chi connectivity index (χ0) is 11.5. The number of carbonyl (C=O) groups excluding carboxylic acids is 3. The molecule has 0 aliphatic rings. The largest absolute Gasteiger partial charge is 1.00 e. The Bertz CT molecular complexity index is 283. The summed E-state index contributed by atoms with van der Waals surface area (Å²) in [6, 6.07) is 0. The zero-order valence-electron chi connectivity index (χ0n) is 10.1. The Labute approximate surface area is 229 Å². The van der Waals surface area contributed by atoms with Crippen LogP contribution in [0.15, 0.2) is 0 Å². The Morgan fingerprint density at radius 2 is 1.39 bits per heavy atom. The third kappa shape index (κ3) is 10.9. The molecule has 88 valence electrons. The molecule has 0 aliphatic heterocycles. The summed E-state index contributed by atoms with van der Waals surface area (Å²) in [6.07, 6.45) is -4.53. The van der Waals surface area contributed by atoms with Crippen molar-refractivity contribution in [3.63, 3.8) is 0 Å². The topological polar surface area (TPSA) is 192 Å². The van der Waals surface area contributed by atoms with Gasteiger partial charge in [0.2, 0.25) is 0 Å². The number of aliphatic hydroxyl groups is 2. The van der Waals surface area contributed by atoms with Crippen LogP contribution in [-0.2, 0) is 14.4 Å². The number of aliphatic carboxylic acids is 3. The van der Waals surface area contributed by atoms with E-state index in [1.165, 1.54) is 0 Å². The number of aliphatic hydroxyl groups excluding tert-OH is 1. The van der Waals surface area contributed by atoms with Gasteiger partial charge in [-0.2, -0.15) is 0 Å². The van der Waals surface area contributed by atoms with Crippen molar-refractivity contribution in [3.8, 4) is 0 Å². The van der Waals surface area contributed by atoms with Crippen LogP contribution in [0.1, 0.15) is 6.42 Å². The van der Waals surface area contributed by atoms with E-state index in [4.69, 9.17) is 10.2 Å². The summed E-state index contributed by atoms with van der Waals surface area (Å²) in [5.74, 6) is -6.84. The van der Waals surface area contributed by atoms with Crippen LogP contribution in [0.4, 0.5) is 0 Å². The number of hydrogen-bond donors (Lipinski definition) is 2. The van der Waals surface area contributed by atoms with Crippen molar-refractivity contribution in [3.05, 3.63) is 0 Å². The Morgan fingerprint density at radius 1 is 1.06 bits per heavy atom. The summed E-state index contributed by atoms with van der Waals surface area (Å²) < 4.78 is 0. The van der Waals surface area contributed by atoms with Crippen LogP contribution in [0.2, 0.25) is 0 Å². The van der Waals surface area contributed by atoms with Gasteiger partial charge in [0.15, 0.2) is 0 Å². The summed E-state index contributed by atoms with van der Waals surface area (Å²) in [4.78, 5) is 30.2. The number of hydrogen-bond acceptors (Lipinski definition) is 8. The molecule has 0 saturated carbocycles. The fraction of sp³-hybridized carbons (Fsp3) is 0.500. The van der Waals surface area contributed by atoms with Crippen LogP contribution < -0.4 is 169 Å². The quantitative estimate of drug-likeness (QED) is 0.460. The molecule has 0 aliphatic carbocycles. The average molecular weight is 340 g/mol. The fourth-order valence-electron chi connectivity index (χ4n) is 0.695. The van der Waals surface area contributed by atoms with E-state index in [-0.39, 0.29) is 160 Å². The van der Waals surface area contributed by atoms with Crippen molar-refractivity contribution in [1.29, 1.82) is 0 Å². The SMILES string of the molecule is O.O=C([O-])CC(O)(C(=O)[O-])C(O)C(=O)[O-].[K+].[K+].[K+]. The van der Waals surface area contributed by atoms with Gasteiger partial charge in [0.05, 0.1) is 11.9 Å². The van der Waals surface area contributed by atoms with Crippen LogP contribution in [-0.4, -0.2) is 45.3 Å². The van der Waals surface area contributed by atoms with Crippen molar-refractivity contribution in [2.24, 2.45) is 0 Å². The maximum absolute atomic E-state index is 10.2. The summed E-state index contributed by atoms with van der Waals surface area (Å²) in [5.41, 5.74) is -3.46. The van der Waals surface area contributed by atoms with Gasteiger partial charge in [-0.1, -0.05) is 0 Å². The fourth-order valence-corrected chi connectivity index (χ4v) is 0.695. The van der Waals surface area contributed by atoms with Crippen molar-refractivity contribution in [2.45, 2.75) is 18.1 Å². The van der Waals surface area contributed by atoms with Gasteiger partial charge in [-0.25, -0.2) is 0 Å². The van der Waals surface area contributed by atoms with Gasteiger partial charge in [0, 0.05) is 12.4 Å². The first kappa shape index (κ1) is 33.0. The smallest absolute Gasteiger partial charge is 0.550 e. The van der Waals surface area contributed by atoms with E-state index in [2.05, 4.69) is 0 Å². The van der Waals surface area contributed by atoms with Gasteiger partial charge in [-0.15, -0.1) is 0 Å². The molecule has 0 bridgehead atoms. The van der Waals surface area contributed by atoms with E-state index in [0.717, 1.165) is 0 Å². The van der Waals surface area contributed by atoms with E-state index >= 15 is 0 Å². The van der Waals surface area contributed by atoms with E-state index < -0.39 is 36.0 Å². The minimum atomic E-state index is -3.46. The van der Waals surface area contributed by atoms with E-state index in [0.29, 0.717) is 0 Å². The third-order valence-corrected chi connectivity index (χ3v) is 1.44. The first-order valence-electron chi connectivity index (χ1n) is 3.24. The van der Waals surface area contributed by atoms with E-state index in [9.17, 15) is 29.7 Å². The number of rotatable bonds is 5. The molecular formula is C6H7K3O9. The van der Waals surface area contributed by atoms with Crippen LogP contribution >= 0.6 is 0 Å². The monoisotopic (exact) mass is 340 g/mol. The molecule has 0 fully saturated rings. The minimum absolute atomic E-state index is 0. The van der Waals surface area contributed by atoms with E-state index in [1.807, 2.05) is 0 Å². The predicted octanol–water partition coefficient (Wildman–Crippen LogP) is -16.1. The van der Waals surface area contributed by atoms with Crippen molar-refractivity contribution >= 4 is 17.9 Å². The van der Waals surface area contributed by atoms with Gasteiger partial charge >= 0.3 is 154 Å². The van der Waals surface area contributed by atoms with Gasteiger partial charge in [0.25, 0.3) is 0 Å². The molecule has 0 aromatic heterocycles.